The number of hydrogen-bond acceptors (Lipinski definition) is 7. The van der Waals surface area contributed by atoms with Gasteiger partial charge in [-0.05, 0) is 26.7 Å². The molecule has 7 nitrogen and oxygen atoms in total. The zero-order valence-electron chi connectivity index (χ0n) is 33.4. The summed E-state index contributed by atoms with van der Waals surface area (Å²) in [7, 11) is -4.44. The van der Waals surface area contributed by atoms with Crippen LogP contribution in [0.5, 0.6) is 0 Å². The first-order chi connectivity index (χ1) is 24.1. The largest absolute Gasteiger partial charge is 0.399 e. The van der Waals surface area contributed by atoms with E-state index in [1.54, 1.807) is 0 Å². The first-order valence-electron chi connectivity index (χ1n) is 21.4. The summed E-state index contributed by atoms with van der Waals surface area (Å²) in [5.74, 6) is -0.521. The number of rotatable bonds is 40. The van der Waals surface area contributed by atoms with Crippen LogP contribution in [0.15, 0.2) is 0 Å². The van der Waals surface area contributed by atoms with Gasteiger partial charge in [0.25, 0.3) is 0 Å². The molecule has 0 rings (SSSR count). The van der Waals surface area contributed by atoms with Crippen molar-refractivity contribution in [3.63, 3.8) is 0 Å². The van der Waals surface area contributed by atoms with E-state index >= 15 is 0 Å². The van der Waals surface area contributed by atoms with Gasteiger partial charge in [0, 0.05) is 12.8 Å². The van der Waals surface area contributed by atoms with E-state index in [-0.39, 0.29) is 24.4 Å². The molecule has 0 heterocycles. The van der Waals surface area contributed by atoms with E-state index in [1.807, 2.05) is 0 Å². The zero-order chi connectivity index (χ0) is 37.2. The average molecular weight is 731 g/mol. The molecule has 8 heteroatoms. The molecule has 1 N–H and O–H groups in total. The van der Waals surface area contributed by atoms with Gasteiger partial charge in [-0.3, -0.25) is 9.59 Å². The Morgan fingerprint density at radius 2 is 0.760 bits per heavy atom. The fraction of sp³-hybridized carbons (Fsp3) is 0.952. The summed E-state index contributed by atoms with van der Waals surface area (Å²) in [6.45, 7) is 6.44. The van der Waals surface area contributed by atoms with Crippen LogP contribution >= 0.6 is 0 Å². The third kappa shape index (κ3) is 29.7. The zero-order valence-corrected chi connectivity index (χ0v) is 34.2. The fourth-order valence-corrected chi connectivity index (χ4v) is 7.40. The Morgan fingerprint density at radius 1 is 0.500 bits per heavy atom. The van der Waals surface area contributed by atoms with Gasteiger partial charge >= 0.3 is 10.4 Å². The topological polar surface area (TPSA) is 107 Å². The Hall–Kier alpha value is -0.830. The summed E-state index contributed by atoms with van der Waals surface area (Å²) in [5.41, 5.74) is -1.53. The third-order valence-electron chi connectivity index (χ3n) is 10.2. The average Bonchev–Trinajstić information content (AvgIpc) is 3.09. The van der Waals surface area contributed by atoms with Crippen LogP contribution < -0.4 is 0 Å². The van der Waals surface area contributed by atoms with Crippen molar-refractivity contribution >= 4 is 22.0 Å². The Kier molecular flexibility index (Phi) is 33.4. The van der Waals surface area contributed by atoms with E-state index in [9.17, 15) is 23.1 Å². The van der Waals surface area contributed by atoms with Gasteiger partial charge in [-0.1, -0.05) is 194 Å². The molecule has 0 aromatic heterocycles. The Labute approximate surface area is 310 Å². The molecule has 0 radical (unpaired) electrons. The highest BCUT2D eigenvalue weighted by Crippen LogP contribution is 2.28. The molecule has 0 aromatic rings. The molecule has 50 heavy (non-hydrogen) atoms. The predicted octanol–water partition coefficient (Wildman–Crippen LogP) is 12.3. The molecule has 0 fully saturated rings. The Bertz CT molecular complexity index is 841. The van der Waals surface area contributed by atoms with Gasteiger partial charge in [-0.2, -0.15) is 8.42 Å². The van der Waals surface area contributed by atoms with Gasteiger partial charge in [0.15, 0.2) is 0 Å². The summed E-state index contributed by atoms with van der Waals surface area (Å²) in [4.78, 5) is 26.8. The minimum absolute atomic E-state index is 0.233. The van der Waals surface area contributed by atoms with E-state index in [0.717, 1.165) is 38.5 Å². The first kappa shape index (κ1) is 49.2. The highest BCUT2D eigenvalue weighted by Gasteiger charge is 2.41. The van der Waals surface area contributed by atoms with Crippen LogP contribution in [0.4, 0.5) is 0 Å². The lowest BCUT2D eigenvalue weighted by Crippen LogP contribution is -2.41. The van der Waals surface area contributed by atoms with Crippen LogP contribution in [0, 0.1) is 5.41 Å². The van der Waals surface area contributed by atoms with E-state index in [2.05, 4.69) is 13.8 Å². The van der Waals surface area contributed by atoms with Gasteiger partial charge in [0.2, 0.25) is 0 Å². The molecular formula is C42H82O7S. The maximum atomic E-state index is 13.4. The second kappa shape index (κ2) is 34.0. The molecule has 0 aliphatic heterocycles. The molecular weight excluding hydrogens is 649 g/mol. The molecule has 0 saturated heterocycles. The van der Waals surface area contributed by atoms with Crippen molar-refractivity contribution in [3.05, 3.63) is 0 Å². The van der Waals surface area contributed by atoms with Gasteiger partial charge in [0.05, 0.1) is 19.3 Å². The molecule has 0 aromatic carbocycles. The van der Waals surface area contributed by atoms with Gasteiger partial charge in [0.1, 0.15) is 17.0 Å². The normalized spacial score (nSPS) is 12.8. The molecule has 1 unspecified atom stereocenters. The van der Waals surface area contributed by atoms with Crippen molar-refractivity contribution in [3.8, 4) is 0 Å². The lowest BCUT2D eigenvalue weighted by atomic mass is 9.78. The number of carbonyl (C=O) groups excluding carboxylic acids is 2. The van der Waals surface area contributed by atoms with Crippen molar-refractivity contribution < 1.29 is 31.5 Å². The third-order valence-corrected chi connectivity index (χ3v) is 11.0. The molecule has 0 aliphatic carbocycles. The predicted molar refractivity (Wildman–Crippen MR) is 210 cm³/mol. The van der Waals surface area contributed by atoms with Crippen LogP contribution in [0.25, 0.3) is 0 Å². The number of aliphatic hydroxyl groups is 1. The van der Waals surface area contributed by atoms with Crippen molar-refractivity contribution in [2.45, 2.75) is 239 Å². The lowest BCUT2D eigenvalue weighted by molar-refractivity contribution is -0.142. The van der Waals surface area contributed by atoms with Crippen molar-refractivity contribution in [1.82, 2.24) is 0 Å². The quantitative estimate of drug-likeness (QED) is 0.0494. The number of unbranched alkanes of at least 4 members (excludes halogenated alkanes) is 28. The smallest absolute Gasteiger partial charge is 0.391 e. The number of ketones is 2. The monoisotopic (exact) mass is 731 g/mol. The maximum absolute atomic E-state index is 13.4. The standard InChI is InChI=1S/C42H82O7S/c1-5-7-9-11-13-15-17-19-21-23-25-27-29-31-33-35-40(44)42(4,38-49-50(46,47)48-37-39(3)43)41(45)36-34-32-30-28-26-24-22-20-18-16-14-12-10-8-6-2/h39,43H,5-38H2,1-4H3. The highest BCUT2D eigenvalue weighted by atomic mass is 32.3. The van der Waals surface area contributed by atoms with E-state index in [4.69, 9.17) is 8.37 Å². The molecule has 298 valence electrons. The summed E-state index contributed by atoms with van der Waals surface area (Å²) in [6.07, 6.45) is 36.4. The van der Waals surface area contributed by atoms with Crippen LogP contribution in [0.2, 0.25) is 0 Å². The van der Waals surface area contributed by atoms with Crippen LogP contribution in [-0.4, -0.2) is 44.4 Å². The van der Waals surface area contributed by atoms with E-state index in [1.165, 1.54) is 155 Å². The van der Waals surface area contributed by atoms with Gasteiger partial charge in [-0.15, -0.1) is 0 Å². The van der Waals surface area contributed by atoms with E-state index in [0.29, 0.717) is 12.8 Å². The minimum atomic E-state index is -4.44. The summed E-state index contributed by atoms with van der Waals surface area (Å²) >= 11 is 0. The van der Waals surface area contributed by atoms with Crippen LogP contribution in [0.1, 0.15) is 233 Å². The maximum Gasteiger partial charge on any atom is 0.399 e. The summed E-state index contributed by atoms with van der Waals surface area (Å²) in [5, 5.41) is 9.39. The Morgan fingerprint density at radius 3 is 1.02 bits per heavy atom. The second-order valence-corrected chi connectivity index (χ2v) is 16.7. The molecule has 0 saturated carbocycles. The number of hydrogen-bond donors (Lipinski definition) is 1. The highest BCUT2D eigenvalue weighted by molar-refractivity contribution is 7.81. The molecule has 0 spiro atoms. The van der Waals surface area contributed by atoms with Crippen molar-refractivity contribution in [2.75, 3.05) is 13.2 Å². The number of Topliss-reactive ketones (excluding diaryl/α,β-unsaturated/α-hetero) is 2. The molecule has 0 amide bonds. The van der Waals surface area contributed by atoms with Crippen LogP contribution in [0.3, 0.4) is 0 Å². The summed E-state index contributed by atoms with van der Waals surface area (Å²) < 4.78 is 34.3. The fourth-order valence-electron chi connectivity index (χ4n) is 6.59. The molecule has 0 bridgehead atoms. The lowest BCUT2D eigenvalue weighted by Gasteiger charge is -2.26. The van der Waals surface area contributed by atoms with Crippen LogP contribution in [-0.2, 0) is 28.4 Å². The Balaban J connectivity index is 4.41. The van der Waals surface area contributed by atoms with Gasteiger partial charge < -0.3 is 5.11 Å². The molecule has 0 aliphatic rings. The summed E-state index contributed by atoms with van der Waals surface area (Å²) in [6, 6.07) is 0. The van der Waals surface area contributed by atoms with Crippen molar-refractivity contribution in [1.29, 1.82) is 0 Å². The number of aliphatic hydroxyl groups excluding tert-OH is 1. The molecule has 1 atom stereocenters. The van der Waals surface area contributed by atoms with Crippen molar-refractivity contribution in [2.24, 2.45) is 5.41 Å². The SMILES string of the molecule is CCCCCCCCCCCCCCCCCC(=O)C(C)(COS(=O)(=O)OCC(C)O)C(=O)CCCCCCCCCCCCCCCCC. The number of carbonyl (C=O) groups is 2. The second-order valence-electron chi connectivity index (χ2n) is 15.4. The van der Waals surface area contributed by atoms with E-state index < -0.39 is 35.1 Å². The minimum Gasteiger partial charge on any atom is -0.391 e. The first-order valence-corrected chi connectivity index (χ1v) is 22.7. The van der Waals surface area contributed by atoms with Gasteiger partial charge in [-0.25, -0.2) is 8.37 Å².